The molecule has 0 aliphatic rings. The SMILES string of the molecule is Cc1ccc(F)c(NC(=O)c2n[nH]c(C(C)C)c2N)c1F. The highest BCUT2D eigenvalue weighted by Crippen LogP contribution is 2.25. The standard InChI is InChI=1S/C14H16F2N4O/c1-6(2)11-10(17)13(20-19-11)14(21)18-12-8(15)5-4-7(3)9(12)16/h4-6H,17H2,1-3H3,(H,18,21)(H,19,20). The third kappa shape index (κ3) is 2.72. The van der Waals surface area contributed by atoms with Gasteiger partial charge in [-0.05, 0) is 24.5 Å². The molecule has 1 aromatic heterocycles. The van der Waals surface area contributed by atoms with Gasteiger partial charge in [0.2, 0.25) is 0 Å². The van der Waals surface area contributed by atoms with Gasteiger partial charge >= 0.3 is 0 Å². The number of halogens is 2. The molecule has 0 atom stereocenters. The molecule has 1 heterocycles. The summed E-state index contributed by atoms with van der Waals surface area (Å²) in [6.45, 7) is 5.24. The molecule has 7 heteroatoms. The van der Waals surface area contributed by atoms with Gasteiger partial charge in [0.25, 0.3) is 5.91 Å². The van der Waals surface area contributed by atoms with Crippen molar-refractivity contribution in [1.82, 2.24) is 10.2 Å². The van der Waals surface area contributed by atoms with Crippen molar-refractivity contribution in [2.24, 2.45) is 0 Å². The molecule has 1 amide bonds. The van der Waals surface area contributed by atoms with E-state index >= 15 is 0 Å². The second-order valence-electron chi connectivity index (χ2n) is 5.06. The Balaban J connectivity index is 2.33. The molecule has 0 radical (unpaired) electrons. The fourth-order valence-corrected chi connectivity index (χ4v) is 1.92. The third-order valence-electron chi connectivity index (χ3n) is 3.15. The topological polar surface area (TPSA) is 83.8 Å². The summed E-state index contributed by atoms with van der Waals surface area (Å²) in [7, 11) is 0. The van der Waals surface area contributed by atoms with Gasteiger partial charge in [0.05, 0.1) is 11.4 Å². The molecule has 0 unspecified atom stereocenters. The number of hydrogen-bond donors (Lipinski definition) is 3. The number of nitrogens with two attached hydrogens (primary N) is 1. The highest BCUT2D eigenvalue weighted by Gasteiger charge is 2.21. The van der Waals surface area contributed by atoms with E-state index in [0.29, 0.717) is 5.69 Å². The van der Waals surface area contributed by atoms with E-state index in [9.17, 15) is 13.6 Å². The lowest BCUT2D eigenvalue weighted by atomic mass is 10.1. The van der Waals surface area contributed by atoms with E-state index in [1.807, 2.05) is 13.8 Å². The van der Waals surface area contributed by atoms with E-state index < -0.39 is 23.2 Å². The second kappa shape index (κ2) is 5.51. The zero-order chi connectivity index (χ0) is 15.7. The molecular weight excluding hydrogens is 278 g/mol. The average molecular weight is 294 g/mol. The van der Waals surface area contributed by atoms with Gasteiger partial charge in [-0.1, -0.05) is 19.9 Å². The zero-order valence-corrected chi connectivity index (χ0v) is 11.9. The number of anilines is 2. The van der Waals surface area contributed by atoms with Crippen LogP contribution in [0.1, 0.15) is 41.5 Å². The molecule has 1 aromatic carbocycles. The predicted octanol–water partition coefficient (Wildman–Crippen LogP) is 2.95. The third-order valence-corrected chi connectivity index (χ3v) is 3.15. The number of carbonyl (C=O) groups excluding carboxylic acids is 1. The molecule has 0 spiro atoms. The van der Waals surface area contributed by atoms with E-state index in [1.54, 1.807) is 0 Å². The summed E-state index contributed by atoms with van der Waals surface area (Å²) in [5.74, 6) is -2.39. The molecule has 112 valence electrons. The van der Waals surface area contributed by atoms with Crippen molar-refractivity contribution in [3.8, 4) is 0 Å². The number of benzene rings is 1. The molecule has 0 aliphatic carbocycles. The molecule has 0 saturated heterocycles. The zero-order valence-electron chi connectivity index (χ0n) is 11.9. The van der Waals surface area contributed by atoms with E-state index in [2.05, 4.69) is 15.5 Å². The summed E-state index contributed by atoms with van der Waals surface area (Å²) >= 11 is 0. The minimum atomic E-state index is -0.857. The van der Waals surface area contributed by atoms with E-state index in [-0.39, 0.29) is 22.9 Å². The first-order valence-corrected chi connectivity index (χ1v) is 6.42. The van der Waals surface area contributed by atoms with Crippen molar-refractivity contribution in [1.29, 1.82) is 0 Å². The normalized spacial score (nSPS) is 11.0. The van der Waals surface area contributed by atoms with Crippen molar-refractivity contribution in [3.63, 3.8) is 0 Å². The van der Waals surface area contributed by atoms with Crippen LogP contribution >= 0.6 is 0 Å². The van der Waals surface area contributed by atoms with Gasteiger partial charge in [0, 0.05) is 0 Å². The Morgan fingerprint density at radius 2 is 2.05 bits per heavy atom. The largest absolute Gasteiger partial charge is 0.395 e. The van der Waals surface area contributed by atoms with Gasteiger partial charge in [-0.3, -0.25) is 9.89 Å². The number of rotatable bonds is 3. The lowest BCUT2D eigenvalue weighted by Crippen LogP contribution is -2.17. The van der Waals surface area contributed by atoms with Gasteiger partial charge in [-0.25, -0.2) is 8.78 Å². The number of nitrogens with one attached hydrogen (secondary N) is 2. The first kappa shape index (κ1) is 15.0. The Hall–Kier alpha value is -2.44. The van der Waals surface area contributed by atoms with Crippen molar-refractivity contribution >= 4 is 17.3 Å². The number of nitrogens with zero attached hydrogens (tertiary/aromatic N) is 1. The van der Waals surface area contributed by atoms with Gasteiger partial charge in [0.1, 0.15) is 11.5 Å². The molecule has 0 saturated carbocycles. The van der Waals surface area contributed by atoms with Crippen LogP contribution in [0.3, 0.4) is 0 Å². The van der Waals surface area contributed by atoms with Gasteiger partial charge in [0.15, 0.2) is 11.5 Å². The molecule has 4 N–H and O–H groups in total. The van der Waals surface area contributed by atoms with Crippen LogP contribution in [-0.2, 0) is 0 Å². The molecule has 0 fully saturated rings. The minimum absolute atomic E-state index is 0.0477. The summed E-state index contributed by atoms with van der Waals surface area (Å²) in [6.07, 6.45) is 0. The molecule has 0 bridgehead atoms. The fourth-order valence-electron chi connectivity index (χ4n) is 1.92. The maximum absolute atomic E-state index is 13.9. The molecule has 2 rings (SSSR count). The first-order chi connectivity index (χ1) is 9.82. The van der Waals surface area contributed by atoms with Gasteiger partial charge in [-0.15, -0.1) is 0 Å². The minimum Gasteiger partial charge on any atom is -0.395 e. The quantitative estimate of drug-likeness (QED) is 0.813. The first-order valence-electron chi connectivity index (χ1n) is 6.42. The molecule has 5 nitrogen and oxygen atoms in total. The Bertz CT molecular complexity index is 695. The van der Waals surface area contributed by atoms with Crippen LogP contribution in [0, 0.1) is 18.6 Å². The molecular formula is C14H16F2N4O. The predicted molar refractivity (Wildman–Crippen MR) is 76.1 cm³/mol. The number of aromatic nitrogens is 2. The summed E-state index contributed by atoms with van der Waals surface area (Å²) in [4.78, 5) is 12.1. The van der Waals surface area contributed by atoms with Crippen LogP contribution in [0.25, 0.3) is 0 Å². The van der Waals surface area contributed by atoms with Crippen molar-refractivity contribution in [2.45, 2.75) is 26.7 Å². The lowest BCUT2D eigenvalue weighted by molar-refractivity contribution is 0.102. The van der Waals surface area contributed by atoms with Crippen LogP contribution < -0.4 is 11.1 Å². The number of aromatic amines is 1. The summed E-state index contributed by atoms with van der Waals surface area (Å²) < 4.78 is 27.5. The fraction of sp³-hybridized carbons (Fsp3) is 0.286. The maximum Gasteiger partial charge on any atom is 0.278 e. The summed E-state index contributed by atoms with van der Waals surface area (Å²) in [6, 6.07) is 2.38. The van der Waals surface area contributed by atoms with Crippen LogP contribution in [-0.4, -0.2) is 16.1 Å². The smallest absolute Gasteiger partial charge is 0.278 e. The number of hydrogen-bond acceptors (Lipinski definition) is 3. The average Bonchev–Trinajstić information content (AvgIpc) is 2.81. The Morgan fingerprint density at radius 3 is 2.62 bits per heavy atom. The van der Waals surface area contributed by atoms with Crippen LogP contribution in [0.15, 0.2) is 12.1 Å². The van der Waals surface area contributed by atoms with E-state index in [4.69, 9.17) is 5.73 Å². The van der Waals surface area contributed by atoms with Crippen LogP contribution in [0.4, 0.5) is 20.2 Å². The van der Waals surface area contributed by atoms with E-state index in [1.165, 1.54) is 13.0 Å². The lowest BCUT2D eigenvalue weighted by Gasteiger charge is -2.08. The highest BCUT2D eigenvalue weighted by molar-refractivity contribution is 6.06. The van der Waals surface area contributed by atoms with Gasteiger partial charge < -0.3 is 11.1 Å². The highest BCUT2D eigenvalue weighted by atomic mass is 19.1. The van der Waals surface area contributed by atoms with Crippen molar-refractivity contribution in [2.75, 3.05) is 11.1 Å². The number of amides is 1. The monoisotopic (exact) mass is 294 g/mol. The Kier molecular flexibility index (Phi) is 3.93. The van der Waals surface area contributed by atoms with Crippen molar-refractivity contribution < 1.29 is 13.6 Å². The molecule has 21 heavy (non-hydrogen) atoms. The van der Waals surface area contributed by atoms with Gasteiger partial charge in [-0.2, -0.15) is 5.10 Å². The number of carbonyl (C=O) groups is 1. The molecule has 2 aromatic rings. The summed E-state index contributed by atoms with van der Waals surface area (Å²) in [5, 5.41) is 8.64. The number of aryl methyl sites for hydroxylation is 1. The second-order valence-corrected chi connectivity index (χ2v) is 5.06. The maximum atomic E-state index is 13.9. The van der Waals surface area contributed by atoms with Crippen LogP contribution in [0.2, 0.25) is 0 Å². The van der Waals surface area contributed by atoms with Crippen molar-refractivity contribution in [3.05, 3.63) is 40.7 Å². The Morgan fingerprint density at radius 1 is 1.38 bits per heavy atom. The number of H-pyrrole nitrogens is 1. The number of nitrogen functional groups attached to an aromatic ring is 1. The Labute approximate surface area is 120 Å². The van der Waals surface area contributed by atoms with E-state index in [0.717, 1.165) is 6.07 Å². The summed E-state index contributed by atoms with van der Waals surface area (Å²) in [5.41, 5.74) is 6.24. The molecule has 0 aliphatic heterocycles. The van der Waals surface area contributed by atoms with Crippen LogP contribution in [0.5, 0.6) is 0 Å².